The van der Waals surface area contributed by atoms with Crippen LogP contribution in [0.25, 0.3) is 0 Å². The number of fused-ring (bicyclic) bond motifs is 2. The SMILES string of the molecule is CN1COC23Cc4ccccc4CCC24Cc2ccc(Br)cc2C43N=C1N. The van der Waals surface area contributed by atoms with E-state index in [9.17, 15) is 0 Å². The molecule has 1 aliphatic heterocycles. The van der Waals surface area contributed by atoms with Crippen LogP contribution in [0.2, 0.25) is 0 Å². The number of nitrogens with two attached hydrogens (primary N) is 1. The highest BCUT2D eigenvalue weighted by molar-refractivity contribution is 9.10. The molecule has 3 spiro atoms. The van der Waals surface area contributed by atoms with Crippen LogP contribution >= 0.6 is 15.9 Å². The van der Waals surface area contributed by atoms with Crippen molar-refractivity contribution in [2.24, 2.45) is 16.1 Å². The number of aryl methyl sites for hydroxylation is 1. The number of guanidine groups is 1. The van der Waals surface area contributed by atoms with Crippen molar-refractivity contribution in [3.05, 3.63) is 69.2 Å². The lowest BCUT2D eigenvalue weighted by atomic mass is 9.89. The molecule has 1 saturated carbocycles. The summed E-state index contributed by atoms with van der Waals surface area (Å²) in [6, 6.07) is 15.5. The second-order valence-corrected chi connectivity index (χ2v) is 9.40. The summed E-state index contributed by atoms with van der Waals surface area (Å²) in [7, 11) is 1.96. The zero-order valence-electron chi connectivity index (χ0n) is 15.3. The first kappa shape index (κ1) is 16.1. The van der Waals surface area contributed by atoms with Gasteiger partial charge in [-0.3, -0.25) is 0 Å². The molecule has 2 aromatic rings. The van der Waals surface area contributed by atoms with Crippen molar-refractivity contribution in [2.45, 2.75) is 36.8 Å². The lowest BCUT2D eigenvalue weighted by Gasteiger charge is -2.27. The molecule has 138 valence electrons. The molecule has 0 amide bonds. The highest BCUT2D eigenvalue weighted by atomic mass is 79.9. The summed E-state index contributed by atoms with van der Waals surface area (Å²) in [4.78, 5) is 7.15. The van der Waals surface area contributed by atoms with Crippen LogP contribution in [0.4, 0.5) is 0 Å². The van der Waals surface area contributed by atoms with E-state index in [1.807, 2.05) is 11.9 Å². The van der Waals surface area contributed by atoms with Gasteiger partial charge >= 0.3 is 0 Å². The molecule has 3 aliphatic carbocycles. The highest BCUT2D eigenvalue weighted by Gasteiger charge is 2.92. The van der Waals surface area contributed by atoms with Crippen LogP contribution in [-0.2, 0) is 29.5 Å². The van der Waals surface area contributed by atoms with Crippen LogP contribution in [0, 0.1) is 5.41 Å². The fourth-order valence-corrected chi connectivity index (χ4v) is 6.63. The van der Waals surface area contributed by atoms with Gasteiger partial charge in [-0.1, -0.05) is 46.3 Å². The Hall–Kier alpha value is -1.85. The van der Waals surface area contributed by atoms with E-state index in [4.69, 9.17) is 15.5 Å². The molecule has 2 aromatic carbocycles. The fourth-order valence-electron chi connectivity index (χ4n) is 6.26. The lowest BCUT2D eigenvalue weighted by Crippen LogP contribution is -2.38. The lowest BCUT2D eigenvalue weighted by molar-refractivity contribution is -0.0389. The van der Waals surface area contributed by atoms with Crippen LogP contribution in [0.5, 0.6) is 0 Å². The van der Waals surface area contributed by atoms with E-state index in [1.54, 1.807) is 0 Å². The molecule has 27 heavy (non-hydrogen) atoms. The average molecular weight is 424 g/mol. The maximum atomic E-state index is 6.75. The predicted octanol–water partition coefficient (Wildman–Crippen LogP) is 3.36. The van der Waals surface area contributed by atoms with Gasteiger partial charge in [-0.2, -0.15) is 0 Å². The number of ether oxygens (including phenoxy) is 1. The Labute approximate surface area is 167 Å². The van der Waals surface area contributed by atoms with Gasteiger partial charge in [-0.05, 0) is 53.6 Å². The molecule has 4 aliphatic rings. The Morgan fingerprint density at radius 2 is 1.93 bits per heavy atom. The third-order valence-electron chi connectivity index (χ3n) is 7.50. The van der Waals surface area contributed by atoms with Crippen molar-refractivity contribution in [1.82, 2.24) is 4.90 Å². The number of hydrogen-bond donors (Lipinski definition) is 1. The van der Waals surface area contributed by atoms with Gasteiger partial charge in [0, 0.05) is 23.4 Å². The first-order chi connectivity index (χ1) is 13.0. The fraction of sp³-hybridized carbons (Fsp3) is 0.409. The topological polar surface area (TPSA) is 50.8 Å². The van der Waals surface area contributed by atoms with Crippen LogP contribution in [0.1, 0.15) is 28.7 Å². The summed E-state index contributed by atoms with van der Waals surface area (Å²) >= 11 is 3.68. The van der Waals surface area contributed by atoms with Gasteiger partial charge < -0.3 is 15.4 Å². The third kappa shape index (κ3) is 1.67. The molecule has 6 rings (SSSR count). The van der Waals surface area contributed by atoms with Crippen LogP contribution in [0.3, 0.4) is 0 Å². The Kier molecular flexibility index (Phi) is 2.96. The molecular formula is C22H22BrN3O. The molecule has 3 atom stereocenters. The summed E-state index contributed by atoms with van der Waals surface area (Å²) in [5, 5.41) is 0. The maximum Gasteiger partial charge on any atom is 0.193 e. The van der Waals surface area contributed by atoms with Crippen LogP contribution < -0.4 is 5.73 Å². The van der Waals surface area contributed by atoms with E-state index in [0.717, 1.165) is 30.2 Å². The van der Waals surface area contributed by atoms with Crippen molar-refractivity contribution < 1.29 is 4.74 Å². The molecule has 1 heterocycles. The summed E-state index contributed by atoms with van der Waals surface area (Å²) in [6.07, 6.45) is 4.07. The van der Waals surface area contributed by atoms with Gasteiger partial charge in [0.05, 0.1) is 0 Å². The molecule has 0 aromatic heterocycles. The van der Waals surface area contributed by atoms with E-state index in [2.05, 4.69) is 58.4 Å². The summed E-state index contributed by atoms with van der Waals surface area (Å²) in [5.74, 6) is 0.584. The Balaban J connectivity index is 1.63. The third-order valence-corrected chi connectivity index (χ3v) is 7.99. The van der Waals surface area contributed by atoms with E-state index >= 15 is 0 Å². The molecule has 4 nitrogen and oxygen atoms in total. The zero-order valence-corrected chi connectivity index (χ0v) is 16.9. The molecule has 2 N–H and O–H groups in total. The largest absolute Gasteiger partial charge is 0.370 e. The molecule has 3 unspecified atom stereocenters. The highest BCUT2D eigenvalue weighted by Crippen LogP contribution is 2.83. The minimum atomic E-state index is -0.374. The quantitative estimate of drug-likeness (QED) is 0.706. The van der Waals surface area contributed by atoms with E-state index in [1.165, 1.54) is 22.3 Å². The summed E-state index contributed by atoms with van der Waals surface area (Å²) < 4.78 is 7.84. The van der Waals surface area contributed by atoms with Crippen LogP contribution in [-0.4, -0.2) is 30.2 Å². The number of aliphatic imine (C=N–C) groups is 1. The van der Waals surface area contributed by atoms with Crippen molar-refractivity contribution in [3.8, 4) is 0 Å². The van der Waals surface area contributed by atoms with Gasteiger partial charge in [-0.25, -0.2) is 4.99 Å². The number of nitrogens with zero attached hydrogens (tertiary/aromatic N) is 2. The Morgan fingerprint density at radius 1 is 1.11 bits per heavy atom. The Morgan fingerprint density at radius 3 is 2.78 bits per heavy atom. The number of benzene rings is 2. The smallest absolute Gasteiger partial charge is 0.193 e. The molecule has 0 saturated heterocycles. The minimum absolute atomic E-state index is 0.00593. The molecular weight excluding hydrogens is 402 g/mol. The minimum Gasteiger partial charge on any atom is -0.370 e. The van der Waals surface area contributed by atoms with Gasteiger partial charge in [0.2, 0.25) is 0 Å². The number of hydrogen-bond acceptors (Lipinski definition) is 4. The number of rotatable bonds is 0. The first-order valence-corrected chi connectivity index (χ1v) is 10.4. The van der Waals surface area contributed by atoms with Crippen molar-refractivity contribution in [3.63, 3.8) is 0 Å². The van der Waals surface area contributed by atoms with Crippen LogP contribution in [0.15, 0.2) is 51.9 Å². The van der Waals surface area contributed by atoms with E-state index in [-0.39, 0.29) is 16.6 Å². The molecule has 0 bridgehead atoms. The van der Waals surface area contributed by atoms with Crippen molar-refractivity contribution >= 4 is 21.9 Å². The van der Waals surface area contributed by atoms with Gasteiger partial charge in [-0.15, -0.1) is 0 Å². The predicted molar refractivity (Wildman–Crippen MR) is 108 cm³/mol. The summed E-state index contributed by atoms with van der Waals surface area (Å²) in [5.41, 5.74) is 11.3. The monoisotopic (exact) mass is 423 g/mol. The van der Waals surface area contributed by atoms with Gasteiger partial charge in [0.15, 0.2) is 5.96 Å². The standard InChI is InChI=1S/C22H22BrN3O/c1-26-13-27-21-12-15-5-3-2-4-14(15)8-9-20(21)11-16-6-7-17(23)10-18(16)22(20,21)25-19(26)24/h2-7,10H,8-9,11-13H2,1H3,(H2,24,25). The number of halogens is 1. The first-order valence-electron chi connectivity index (χ1n) is 9.59. The van der Waals surface area contributed by atoms with E-state index < -0.39 is 0 Å². The van der Waals surface area contributed by atoms with Gasteiger partial charge in [0.1, 0.15) is 17.9 Å². The van der Waals surface area contributed by atoms with Crippen molar-refractivity contribution in [2.75, 3.05) is 13.8 Å². The normalized spacial score (nSPS) is 35.6. The zero-order chi connectivity index (χ0) is 18.4. The Bertz CT molecular complexity index is 1020. The maximum absolute atomic E-state index is 6.75. The average Bonchev–Trinajstić information content (AvgIpc) is 3.09. The van der Waals surface area contributed by atoms with Crippen molar-refractivity contribution in [1.29, 1.82) is 0 Å². The second kappa shape index (κ2) is 4.95. The molecule has 0 radical (unpaired) electrons. The molecule has 1 fully saturated rings. The second-order valence-electron chi connectivity index (χ2n) is 8.48. The van der Waals surface area contributed by atoms with E-state index in [0.29, 0.717) is 12.7 Å². The summed E-state index contributed by atoms with van der Waals surface area (Å²) in [6.45, 7) is 0.490. The molecule has 5 heteroatoms. The van der Waals surface area contributed by atoms with Gasteiger partial charge in [0.25, 0.3) is 0 Å².